The quantitative estimate of drug-likeness (QED) is 0.250. The highest BCUT2D eigenvalue weighted by Crippen LogP contribution is 2.21. The Morgan fingerprint density at radius 3 is 2.68 bits per heavy atom. The number of methoxy groups -OCH3 is 2. The van der Waals surface area contributed by atoms with Gasteiger partial charge in [-0.1, -0.05) is 12.1 Å². The molecule has 0 unspecified atom stereocenters. The first-order chi connectivity index (χ1) is 13.1. The number of rotatable bonds is 8. The molecule has 1 heterocycles. The molecular formula is C20H28IN3O3S. The molecule has 0 amide bonds. The summed E-state index contributed by atoms with van der Waals surface area (Å²) in [5.74, 6) is 0.930. The lowest BCUT2D eigenvalue weighted by Crippen LogP contribution is -2.39. The minimum atomic E-state index is -0.413. The second-order valence-electron chi connectivity index (χ2n) is 5.95. The SMILES string of the molecule is CCNC(=NCc1ccc(C(=O)OC)c(OC)c1)N(C)CCc1cccs1.I. The van der Waals surface area contributed by atoms with Gasteiger partial charge in [0.25, 0.3) is 0 Å². The molecule has 0 atom stereocenters. The van der Waals surface area contributed by atoms with E-state index >= 15 is 0 Å². The average Bonchev–Trinajstić information content (AvgIpc) is 3.22. The lowest BCUT2D eigenvalue weighted by molar-refractivity contribution is 0.0597. The second-order valence-corrected chi connectivity index (χ2v) is 6.98. The van der Waals surface area contributed by atoms with E-state index in [0.717, 1.165) is 31.0 Å². The van der Waals surface area contributed by atoms with Gasteiger partial charge < -0.3 is 19.7 Å². The van der Waals surface area contributed by atoms with Crippen molar-refractivity contribution in [2.75, 3.05) is 34.4 Å². The van der Waals surface area contributed by atoms with Crippen molar-refractivity contribution in [3.8, 4) is 5.75 Å². The molecule has 0 fully saturated rings. The Kier molecular flexibility index (Phi) is 10.9. The molecule has 1 N–H and O–H groups in total. The summed E-state index contributed by atoms with van der Waals surface area (Å²) in [5.41, 5.74) is 1.37. The van der Waals surface area contributed by atoms with Crippen LogP contribution in [0.1, 0.15) is 27.7 Å². The Hall–Kier alpha value is -1.81. The van der Waals surface area contributed by atoms with E-state index in [-0.39, 0.29) is 24.0 Å². The molecule has 2 aromatic rings. The molecule has 1 aromatic carbocycles. The number of nitrogens with one attached hydrogen (secondary N) is 1. The summed E-state index contributed by atoms with van der Waals surface area (Å²) in [6, 6.07) is 9.63. The summed E-state index contributed by atoms with van der Waals surface area (Å²) < 4.78 is 10.1. The molecule has 1 aromatic heterocycles. The molecule has 6 nitrogen and oxygen atoms in total. The molecule has 0 radical (unpaired) electrons. The number of esters is 1. The van der Waals surface area contributed by atoms with E-state index in [4.69, 9.17) is 14.5 Å². The molecule has 28 heavy (non-hydrogen) atoms. The van der Waals surface area contributed by atoms with Gasteiger partial charge >= 0.3 is 5.97 Å². The van der Waals surface area contributed by atoms with E-state index in [0.29, 0.717) is 17.9 Å². The number of carbonyl (C=O) groups excluding carboxylic acids is 1. The normalized spacial score (nSPS) is 10.8. The van der Waals surface area contributed by atoms with Crippen LogP contribution in [0, 0.1) is 0 Å². The minimum absolute atomic E-state index is 0. The predicted molar refractivity (Wildman–Crippen MR) is 125 cm³/mol. The third kappa shape index (κ3) is 6.97. The minimum Gasteiger partial charge on any atom is -0.496 e. The Bertz CT molecular complexity index is 766. The van der Waals surface area contributed by atoms with Crippen LogP contribution in [-0.2, 0) is 17.7 Å². The number of thiophene rings is 1. The third-order valence-electron chi connectivity index (χ3n) is 4.05. The fourth-order valence-electron chi connectivity index (χ4n) is 2.59. The molecule has 0 saturated heterocycles. The zero-order valence-electron chi connectivity index (χ0n) is 16.7. The maximum atomic E-state index is 11.8. The molecule has 0 aliphatic rings. The van der Waals surface area contributed by atoms with Crippen molar-refractivity contribution < 1.29 is 14.3 Å². The van der Waals surface area contributed by atoms with Gasteiger partial charge in [0, 0.05) is 25.0 Å². The first-order valence-electron chi connectivity index (χ1n) is 8.86. The van der Waals surface area contributed by atoms with Crippen molar-refractivity contribution >= 4 is 47.2 Å². The average molecular weight is 517 g/mol. The highest BCUT2D eigenvalue weighted by Gasteiger charge is 2.13. The number of ether oxygens (including phenoxy) is 2. The number of hydrogen-bond acceptors (Lipinski definition) is 5. The van der Waals surface area contributed by atoms with Gasteiger partial charge in [-0.3, -0.25) is 0 Å². The van der Waals surface area contributed by atoms with Crippen molar-refractivity contribution in [2.24, 2.45) is 4.99 Å². The summed E-state index contributed by atoms with van der Waals surface area (Å²) in [6.07, 6.45) is 0.986. The van der Waals surface area contributed by atoms with Crippen molar-refractivity contribution in [2.45, 2.75) is 19.9 Å². The van der Waals surface area contributed by atoms with Crippen molar-refractivity contribution in [1.29, 1.82) is 0 Å². The molecule has 0 aliphatic heterocycles. The van der Waals surface area contributed by atoms with E-state index in [1.165, 1.54) is 19.1 Å². The maximum absolute atomic E-state index is 11.8. The van der Waals surface area contributed by atoms with Gasteiger partial charge in [0.1, 0.15) is 11.3 Å². The Labute approximate surface area is 188 Å². The second kappa shape index (κ2) is 12.6. The first-order valence-corrected chi connectivity index (χ1v) is 9.74. The molecule has 154 valence electrons. The monoisotopic (exact) mass is 517 g/mol. The number of aliphatic imine (C=N–C) groups is 1. The van der Waals surface area contributed by atoms with Crippen LogP contribution in [0.2, 0.25) is 0 Å². The smallest absolute Gasteiger partial charge is 0.341 e. The number of guanidine groups is 1. The summed E-state index contributed by atoms with van der Waals surface area (Å²) in [4.78, 5) is 20.0. The first kappa shape index (κ1) is 24.2. The number of benzene rings is 1. The van der Waals surface area contributed by atoms with E-state index in [2.05, 4.69) is 34.7 Å². The highest BCUT2D eigenvalue weighted by molar-refractivity contribution is 14.0. The van der Waals surface area contributed by atoms with Crippen LogP contribution in [-0.4, -0.2) is 51.2 Å². The maximum Gasteiger partial charge on any atom is 0.341 e. The number of likely N-dealkylation sites (N-methyl/N-ethyl adjacent to an activating group) is 1. The van der Waals surface area contributed by atoms with Crippen molar-refractivity contribution in [3.63, 3.8) is 0 Å². The van der Waals surface area contributed by atoms with E-state index in [1.54, 1.807) is 17.4 Å². The van der Waals surface area contributed by atoms with E-state index in [1.807, 2.05) is 19.2 Å². The zero-order valence-corrected chi connectivity index (χ0v) is 19.9. The van der Waals surface area contributed by atoms with Gasteiger partial charge in [-0.15, -0.1) is 35.3 Å². The van der Waals surface area contributed by atoms with Crippen LogP contribution in [0.5, 0.6) is 5.75 Å². The predicted octanol–water partition coefficient (Wildman–Crippen LogP) is 3.80. The Morgan fingerprint density at radius 2 is 2.07 bits per heavy atom. The third-order valence-corrected chi connectivity index (χ3v) is 4.99. The number of nitrogens with zero attached hydrogens (tertiary/aromatic N) is 2. The topological polar surface area (TPSA) is 63.2 Å². The van der Waals surface area contributed by atoms with E-state index < -0.39 is 5.97 Å². The van der Waals surface area contributed by atoms with Crippen LogP contribution in [0.4, 0.5) is 0 Å². The van der Waals surface area contributed by atoms with Crippen LogP contribution >= 0.6 is 35.3 Å². The van der Waals surface area contributed by atoms with Crippen LogP contribution in [0.15, 0.2) is 40.7 Å². The number of halogens is 1. The van der Waals surface area contributed by atoms with Gasteiger partial charge in [0.15, 0.2) is 5.96 Å². The lowest BCUT2D eigenvalue weighted by atomic mass is 10.1. The summed E-state index contributed by atoms with van der Waals surface area (Å²) >= 11 is 1.77. The fraction of sp³-hybridized carbons (Fsp3) is 0.400. The number of hydrogen-bond donors (Lipinski definition) is 1. The summed E-state index contributed by atoms with van der Waals surface area (Å²) in [7, 11) is 4.93. The molecule has 0 bridgehead atoms. The van der Waals surface area contributed by atoms with Crippen LogP contribution in [0.3, 0.4) is 0 Å². The molecule has 2 rings (SSSR count). The Balaban J connectivity index is 0.00000392. The largest absolute Gasteiger partial charge is 0.496 e. The van der Waals surface area contributed by atoms with Gasteiger partial charge in [-0.2, -0.15) is 0 Å². The van der Waals surface area contributed by atoms with Gasteiger partial charge in [0.05, 0.1) is 20.8 Å². The molecular weight excluding hydrogens is 489 g/mol. The summed E-state index contributed by atoms with van der Waals surface area (Å²) in [5, 5.41) is 5.42. The van der Waals surface area contributed by atoms with Crippen LogP contribution in [0.25, 0.3) is 0 Å². The highest BCUT2D eigenvalue weighted by atomic mass is 127. The van der Waals surface area contributed by atoms with Crippen molar-refractivity contribution in [3.05, 3.63) is 51.7 Å². The van der Waals surface area contributed by atoms with Gasteiger partial charge in [0.2, 0.25) is 0 Å². The molecule has 8 heteroatoms. The molecule has 0 aliphatic carbocycles. The Morgan fingerprint density at radius 1 is 1.29 bits per heavy atom. The molecule has 0 saturated carbocycles. The van der Waals surface area contributed by atoms with E-state index in [9.17, 15) is 4.79 Å². The van der Waals surface area contributed by atoms with Gasteiger partial charge in [-0.05, 0) is 42.5 Å². The van der Waals surface area contributed by atoms with Crippen molar-refractivity contribution in [1.82, 2.24) is 10.2 Å². The molecule has 0 spiro atoms. The van der Waals surface area contributed by atoms with Gasteiger partial charge in [-0.25, -0.2) is 9.79 Å². The lowest BCUT2D eigenvalue weighted by Gasteiger charge is -2.22. The summed E-state index contributed by atoms with van der Waals surface area (Å²) in [6.45, 7) is 4.23. The zero-order chi connectivity index (χ0) is 19.6. The van der Waals surface area contributed by atoms with Crippen LogP contribution < -0.4 is 10.1 Å². The standard InChI is InChI=1S/C20H27N3O3S.HI/c1-5-21-20(23(2)11-10-16-7-6-12-27-16)22-14-15-8-9-17(19(24)26-4)18(13-15)25-3;/h6-9,12-13H,5,10-11,14H2,1-4H3,(H,21,22);1H. The fourth-order valence-corrected chi connectivity index (χ4v) is 3.29. The number of carbonyl (C=O) groups is 1.